The van der Waals surface area contributed by atoms with E-state index >= 15 is 0 Å². The molecule has 2 rings (SSSR count). The zero-order chi connectivity index (χ0) is 10.8. The number of hydrogen-bond donors (Lipinski definition) is 1. The van der Waals surface area contributed by atoms with Crippen LogP contribution in [-0.4, -0.2) is 17.8 Å². The van der Waals surface area contributed by atoms with Crippen molar-refractivity contribution in [2.24, 2.45) is 5.73 Å². The molecule has 0 fully saturated rings. The van der Waals surface area contributed by atoms with Gasteiger partial charge in [-0.3, -0.25) is 0 Å². The molecule has 4 heteroatoms. The van der Waals surface area contributed by atoms with E-state index in [1.165, 1.54) is 0 Å². The number of benzene rings is 1. The highest BCUT2D eigenvalue weighted by molar-refractivity contribution is 5.85. The number of nitrogens with zero attached hydrogens (tertiary/aromatic N) is 1. The molecule has 0 aliphatic heterocycles. The molecule has 2 N–H and O–H groups in total. The number of ether oxygens (including phenoxy) is 1. The smallest absolute Gasteiger partial charge is 0.262 e. The van der Waals surface area contributed by atoms with Crippen LogP contribution < -0.4 is 10.5 Å². The lowest BCUT2D eigenvalue weighted by Crippen LogP contribution is -2.23. The number of fused-ring (bicyclic) bond motifs is 1. The Balaban J connectivity index is 2.35. The highest BCUT2D eigenvalue weighted by Crippen LogP contribution is 2.27. The van der Waals surface area contributed by atoms with E-state index in [0.29, 0.717) is 12.5 Å². The molecule has 0 amide bonds. The van der Waals surface area contributed by atoms with Crippen molar-refractivity contribution in [1.82, 2.24) is 5.16 Å². The van der Waals surface area contributed by atoms with Gasteiger partial charge in [0, 0.05) is 6.04 Å². The maximum Gasteiger partial charge on any atom is 0.262 e. The fourth-order valence-electron chi connectivity index (χ4n) is 1.44. The van der Waals surface area contributed by atoms with Gasteiger partial charge in [-0.2, -0.15) is 0 Å². The predicted molar refractivity (Wildman–Crippen MR) is 57.9 cm³/mol. The highest BCUT2D eigenvalue weighted by atomic mass is 16.5. The van der Waals surface area contributed by atoms with Gasteiger partial charge in [0.05, 0.1) is 5.39 Å². The molecule has 80 valence electrons. The first-order valence-corrected chi connectivity index (χ1v) is 4.92. The van der Waals surface area contributed by atoms with E-state index in [0.717, 1.165) is 16.5 Å². The summed E-state index contributed by atoms with van der Waals surface area (Å²) in [6.07, 6.45) is 0. The lowest BCUT2D eigenvalue weighted by atomic mass is 10.1. The molecule has 2 aromatic rings. The van der Waals surface area contributed by atoms with Crippen LogP contribution in [0, 0.1) is 6.92 Å². The Labute approximate surface area is 88.0 Å². The van der Waals surface area contributed by atoms with Gasteiger partial charge in [-0.05, 0) is 30.6 Å². The molecule has 0 bridgehead atoms. The van der Waals surface area contributed by atoms with E-state index in [9.17, 15) is 0 Å². The van der Waals surface area contributed by atoms with Crippen LogP contribution in [0.1, 0.15) is 12.5 Å². The molecular formula is C11H14N2O2. The topological polar surface area (TPSA) is 61.3 Å². The van der Waals surface area contributed by atoms with Crippen molar-refractivity contribution in [3.63, 3.8) is 0 Å². The SMILES string of the molecule is Cc1cccc2onc(OCC(C)N)c12. The maximum absolute atomic E-state index is 5.61. The largest absolute Gasteiger partial charge is 0.473 e. The van der Waals surface area contributed by atoms with Crippen LogP contribution >= 0.6 is 0 Å². The van der Waals surface area contributed by atoms with Crippen LogP contribution in [0.5, 0.6) is 5.88 Å². The zero-order valence-corrected chi connectivity index (χ0v) is 8.86. The molecule has 1 atom stereocenters. The minimum absolute atomic E-state index is 0.0132. The second-order valence-corrected chi connectivity index (χ2v) is 3.72. The van der Waals surface area contributed by atoms with Crippen molar-refractivity contribution in [1.29, 1.82) is 0 Å². The summed E-state index contributed by atoms with van der Waals surface area (Å²) in [4.78, 5) is 0. The monoisotopic (exact) mass is 206 g/mol. The molecule has 0 radical (unpaired) electrons. The lowest BCUT2D eigenvalue weighted by Gasteiger charge is -2.05. The van der Waals surface area contributed by atoms with Crippen LogP contribution in [0.4, 0.5) is 0 Å². The third kappa shape index (κ3) is 1.94. The fourth-order valence-corrected chi connectivity index (χ4v) is 1.44. The van der Waals surface area contributed by atoms with Crippen molar-refractivity contribution < 1.29 is 9.26 Å². The summed E-state index contributed by atoms with van der Waals surface area (Å²) in [5.74, 6) is 0.528. The first kappa shape index (κ1) is 9.98. The average molecular weight is 206 g/mol. The van der Waals surface area contributed by atoms with Crippen LogP contribution in [0.25, 0.3) is 11.0 Å². The zero-order valence-electron chi connectivity index (χ0n) is 8.86. The van der Waals surface area contributed by atoms with Gasteiger partial charge in [0.2, 0.25) is 0 Å². The number of aromatic nitrogens is 1. The van der Waals surface area contributed by atoms with Gasteiger partial charge in [-0.25, -0.2) is 0 Å². The summed E-state index contributed by atoms with van der Waals surface area (Å²) < 4.78 is 10.6. The minimum Gasteiger partial charge on any atom is -0.473 e. The maximum atomic E-state index is 5.61. The summed E-state index contributed by atoms with van der Waals surface area (Å²) in [6, 6.07) is 5.78. The molecular weight excluding hydrogens is 192 g/mol. The Bertz CT molecular complexity index is 463. The molecule has 0 spiro atoms. The molecule has 0 saturated carbocycles. The molecule has 1 unspecified atom stereocenters. The summed E-state index contributed by atoms with van der Waals surface area (Å²) in [5.41, 5.74) is 7.44. The number of aryl methyl sites for hydroxylation is 1. The van der Waals surface area contributed by atoms with Crippen LogP contribution in [-0.2, 0) is 0 Å². The summed E-state index contributed by atoms with van der Waals surface area (Å²) in [7, 11) is 0. The highest BCUT2D eigenvalue weighted by Gasteiger charge is 2.11. The van der Waals surface area contributed by atoms with Crippen molar-refractivity contribution in [2.45, 2.75) is 19.9 Å². The summed E-state index contributed by atoms with van der Waals surface area (Å²) >= 11 is 0. The normalized spacial score (nSPS) is 13.0. The van der Waals surface area contributed by atoms with E-state index < -0.39 is 0 Å². The number of rotatable bonds is 3. The second kappa shape index (κ2) is 3.90. The van der Waals surface area contributed by atoms with Gasteiger partial charge in [-0.15, -0.1) is 0 Å². The van der Waals surface area contributed by atoms with E-state index in [-0.39, 0.29) is 6.04 Å². The van der Waals surface area contributed by atoms with Gasteiger partial charge in [-0.1, -0.05) is 12.1 Å². The van der Waals surface area contributed by atoms with E-state index in [1.807, 2.05) is 32.0 Å². The standard InChI is InChI=1S/C11H14N2O2/c1-7-4-3-5-9-10(7)11(13-15-9)14-6-8(2)12/h3-5,8H,6,12H2,1-2H3. The Hall–Kier alpha value is -1.55. The molecule has 1 aromatic carbocycles. The molecule has 4 nitrogen and oxygen atoms in total. The van der Waals surface area contributed by atoms with Gasteiger partial charge in [0.15, 0.2) is 5.58 Å². The van der Waals surface area contributed by atoms with E-state index in [2.05, 4.69) is 5.16 Å². The second-order valence-electron chi connectivity index (χ2n) is 3.72. The van der Waals surface area contributed by atoms with Gasteiger partial charge < -0.3 is 15.0 Å². The van der Waals surface area contributed by atoms with Gasteiger partial charge in [0.25, 0.3) is 5.88 Å². The molecule has 0 aliphatic rings. The van der Waals surface area contributed by atoms with Gasteiger partial charge in [0.1, 0.15) is 6.61 Å². The third-order valence-electron chi connectivity index (χ3n) is 2.16. The fraction of sp³-hybridized carbons (Fsp3) is 0.364. The molecule has 15 heavy (non-hydrogen) atoms. The molecule has 0 saturated heterocycles. The summed E-state index contributed by atoms with van der Waals surface area (Å²) in [6.45, 7) is 4.32. The van der Waals surface area contributed by atoms with Crippen molar-refractivity contribution >= 4 is 11.0 Å². The molecule has 1 aromatic heterocycles. The number of nitrogens with two attached hydrogens (primary N) is 1. The van der Waals surface area contributed by atoms with Gasteiger partial charge >= 0.3 is 0 Å². The van der Waals surface area contributed by atoms with Crippen molar-refractivity contribution in [2.75, 3.05) is 6.61 Å². The Morgan fingerprint density at radius 1 is 1.53 bits per heavy atom. The third-order valence-corrected chi connectivity index (χ3v) is 2.16. The Kier molecular flexibility index (Phi) is 2.60. The van der Waals surface area contributed by atoms with Crippen LogP contribution in [0.15, 0.2) is 22.7 Å². The van der Waals surface area contributed by atoms with Crippen LogP contribution in [0.3, 0.4) is 0 Å². The average Bonchev–Trinajstić information content (AvgIpc) is 2.59. The first-order chi connectivity index (χ1) is 7.18. The Morgan fingerprint density at radius 2 is 2.33 bits per heavy atom. The van der Waals surface area contributed by atoms with Crippen molar-refractivity contribution in [3.05, 3.63) is 23.8 Å². The molecule has 0 aliphatic carbocycles. The summed E-state index contributed by atoms with van der Waals surface area (Å²) in [5, 5.41) is 4.80. The van der Waals surface area contributed by atoms with Crippen molar-refractivity contribution in [3.8, 4) is 5.88 Å². The van der Waals surface area contributed by atoms with E-state index in [1.54, 1.807) is 0 Å². The first-order valence-electron chi connectivity index (χ1n) is 4.92. The minimum atomic E-state index is -0.0132. The number of hydrogen-bond acceptors (Lipinski definition) is 4. The lowest BCUT2D eigenvalue weighted by molar-refractivity contribution is 0.268. The van der Waals surface area contributed by atoms with E-state index in [4.69, 9.17) is 15.0 Å². The Morgan fingerprint density at radius 3 is 3.07 bits per heavy atom. The molecule has 1 heterocycles. The quantitative estimate of drug-likeness (QED) is 0.832. The van der Waals surface area contributed by atoms with Crippen LogP contribution in [0.2, 0.25) is 0 Å². The predicted octanol–water partition coefficient (Wildman–Crippen LogP) is 1.86.